The minimum atomic E-state index is -4.45. The van der Waals surface area contributed by atoms with Crippen molar-refractivity contribution in [3.63, 3.8) is 0 Å². The van der Waals surface area contributed by atoms with Crippen LogP contribution in [0.5, 0.6) is 0 Å². The number of halogens is 4. The van der Waals surface area contributed by atoms with Crippen LogP contribution in [0.4, 0.5) is 29.5 Å². The van der Waals surface area contributed by atoms with E-state index < -0.39 is 35.6 Å². The van der Waals surface area contributed by atoms with Crippen molar-refractivity contribution in [2.45, 2.75) is 83.8 Å². The van der Waals surface area contributed by atoms with Crippen LogP contribution in [0.1, 0.15) is 64.6 Å². The average molecular weight is 603 g/mol. The Labute approximate surface area is 229 Å². The minimum absolute atomic E-state index is 0.0827. The van der Waals surface area contributed by atoms with Crippen LogP contribution in [0, 0.1) is 0 Å². The molecule has 1 aromatic heterocycles. The fraction of sp³-hybridized carbons (Fsp3) is 0.577. The summed E-state index contributed by atoms with van der Waals surface area (Å²) in [4.78, 5) is 26.3. The minimum Gasteiger partial charge on any atom is -0.461 e. The first-order valence-corrected chi connectivity index (χ1v) is 13.6. The van der Waals surface area contributed by atoms with Crippen molar-refractivity contribution >= 4 is 39.5 Å². The van der Waals surface area contributed by atoms with Gasteiger partial charge in [0.25, 0.3) is 0 Å². The van der Waals surface area contributed by atoms with Crippen LogP contribution in [0.3, 0.4) is 0 Å². The zero-order valence-corrected chi connectivity index (χ0v) is 23.7. The Bertz CT molecular complexity index is 1120. The topological polar surface area (TPSA) is 85.7 Å². The Kier molecular flexibility index (Phi) is 9.38. The molecule has 12 heteroatoms. The Morgan fingerprint density at radius 1 is 1.18 bits per heavy atom. The van der Waals surface area contributed by atoms with Crippen molar-refractivity contribution in [2.24, 2.45) is 0 Å². The number of amides is 1. The first-order chi connectivity index (χ1) is 17.7. The van der Waals surface area contributed by atoms with E-state index in [1.54, 1.807) is 25.5 Å². The fourth-order valence-electron chi connectivity index (χ4n) is 4.30. The SMILES string of the molecule is CCCC(OC(=O)CBr)[C@H](C)c1cc2n(n1)CC(NC(=O)OC(C)(C)C)CN2c1ccc(C(F)(F)F)cc1. The van der Waals surface area contributed by atoms with Crippen LogP contribution in [0.15, 0.2) is 30.3 Å². The number of fused-ring (bicyclic) bond motifs is 1. The van der Waals surface area contributed by atoms with Gasteiger partial charge in [0.05, 0.1) is 23.8 Å². The summed E-state index contributed by atoms with van der Waals surface area (Å²) in [5.41, 5.74) is -0.243. The highest BCUT2D eigenvalue weighted by Gasteiger charge is 2.34. The molecule has 0 saturated heterocycles. The molecule has 1 aromatic carbocycles. The number of nitrogens with one attached hydrogen (secondary N) is 1. The number of carbonyl (C=O) groups excluding carboxylic acids is 2. The average Bonchev–Trinajstić information content (AvgIpc) is 3.25. The third-order valence-corrected chi connectivity index (χ3v) is 6.52. The number of alkyl halides is 4. The molecule has 2 heterocycles. The third kappa shape index (κ3) is 7.64. The molecule has 0 bridgehead atoms. The second-order valence-corrected chi connectivity index (χ2v) is 10.9. The number of alkyl carbamates (subject to hydrolysis) is 1. The van der Waals surface area contributed by atoms with Gasteiger partial charge in [-0.1, -0.05) is 36.2 Å². The van der Waals surface area contributed by atoms with Gasteiger partial charge in [0.2, 0.25) is 0 Å². The quantitative estimate of drug-likeness (QED) is 0.288. The third-order valence-electron chi connectivity index (χ3n) is 6.07. The van der Waals surface area contributed by atoms with Gasteiger partial charge in [-0.25, -0.2) is 9.48 Å². The number of benzene rings is 1. The van der Waals surface area contributed by atoms with Gasteiger partial charge in [0, 0.05) is 24.2 Å². The van der Waals surface area contributed by atoms with Crippen molar-refractivity contribution in [1.29, 1.82) is 0 Å². The van der Waals surface area contributed by atoms with E-state index in [4.69, 9.17) is 14.6 Å². The molecule has 210 valence electrons. The van der Waals surface area contributed by atoms with Crippen molar-refractivity contribution < 1.29 is 32.2 Å². The molecule has 1 amide bonds. The molecule has 38 heavy (non-hydrogen) atoms. The highest BCUT2D eigenvalue weighted by Crippen LogP contribution is 2.36. The molecule has 3 atom stereocenters. The summed E-state index contributed by atoms with van der Waals surface area (Å²) in [7, 11) is 0. The molecule has 0 saturated carbocycles. The summed E-state index contributed by atoms with van der Waals surface area (Å²) >= 11 is 3.13. The summed E-state index contributed by atoms with van der Waals surface area (Å²) in [6.07, 6.45) is -3.99. The van der Waals surface area contributed by atoms with Gasteiger partial charge in [-0.05, 0) is 51.5 Å². The van der Waals surface area contributed by atoms with Gasteiger partial charge in [0.15, 0.2) is 0 Å². The van der Waals surface area contributed by atoms with Gasteiger partial charge in [-0.15, -0.1) is 0 Å². The van der Waals surface area contributed by atoms with Crippen LogP contribution in [0.25, 0.3) is 0 Å². The first-order valence-electron chi connectivity index (χ1n) is 12.5. The Morgan fingerprint density at radius 2 is 1.84 bits per heavy atom. The molecule has 1 N–H and O–H groups in total. The smallest absolute Gasteiger partial charge is 0.416 e. The van der Waals surface area contributed by atoms with E-state index in [2.05, 4.69) is 21.2 Å². The first kappa shape index (κ1) is 29.8. The summed E-state index contributed by atoms with van der Waals surface area (Å²) in [6, 6.07) is 6.29. The number of carbonyl (C=O) groups is 2. The van der Waals surface area contributed by atoms with Crippen LogP contribution in [-0.2, 0) is 27.0 Å². The molecule has 1 aliphatic heterocycles. The number of esters is 1. The van der Waals surface area contributed by atoms with E-state index in [0.29, 0.717) is 36.7 Å². The second-order valence-electron chi connectivity index (χ2n) is 10.3. The van der Waals surface area contributed by atoms with E-state index in [9.17, 15) is 22.8 Å². The monoisotopic (exact) mass is 602 g/mol. The lowest BCUT2D eigenvalue weighted by Gasteiger charge is -2.35. The highest BCUT2D eigenvalue weighted by atomic mass is 79.9. The predicted molar refractivity (Wildman–Crippen MR) is 141 cm³/mol. The summed E-state index contributed by atoms with van der Waals surface area (Å²) in [5.74, 6) is 0.0611. The maximum atomic E-state index is 13.2. The summed E-state index contributed by atoms with van der Waals surface area (Å²) < 4.78 is 52.2. The number of ether oxygens (including phenoxy) is 2. The highest BCUT2D eigenvalue weighted by molar-refractivity contribution is 9.09. The summed E-state index contributed by atoms with van der Waals surface area (Å²) in [6.45, 7) is 9.83. The predicted octanol–water partition coefficient (Wildman–Crippen LogP) is 6.16. The Hall–Kier alpha value is -2.76. The standard InChI is InChI=1S/C26H34BrF3N4O4/c1-6-7-21(37-23(35)13-27)16(2)20-12-22-33(19-10-8-17(9-11-19)26(28,29)30)14-18(15-34(22)32-20)31-24(36)38-25(3,4)5/h8-12,16,18,21H,6-7,13-15H2,1-5H3,(H,31,36)/t16-,18?,21?/m1/s1. The molecule has 0 radical (unpaired) electrons. The lowest BCUT2D eigenvalue weighted by atomic mass is 9.97. The van der Waals surface area contributed by atoms with Crippen LogP contribution in [-0.4, -0.2) is 51.5 Å². The maximum absolute atomic E-state index is 13.2. The van der Waals surface area contributed by atoms with Gasteiger partial charge in [0.1, 0.15) is 22.9 Å². The molecule has 1 aliphatic rings. The zero-order valence-electron chi connectivity index (χ0n) is 22.1. The molecule has 0 spiro atoms. The number of hydrogen-bond donors (Lipinski definition) is 1. The van der Waals surface area contributed by atoms with Crippen LogP contribution >= 0.6 is 15.9 Å². The van der Waals surface area contributed by atoms with Gasteiger partial charge < -0.3 is 19.7 Å². The van der Waals surface area contributed by atoms with Gasteiger partial charge >= 0.3 is 18.2 Å². The van der Waals surface area contributed by atoms with Crippen LogP contribution < -0.4 is 10.2 Å². The van der Waals surface area contributed by atoms with Gasteiger partial charge in [-0.2, -0.15) is 18.3 Å². The van der Waals surface area contributed by atoms with Crippen molar-refractivity contribution in [3.8, 4) is 0 Å². The van der Waals surface area contributed by atoms with Crippen molar-refractivity contribution in [1.82, 2.24) is 15.1 Å². The molecule has 0 fully saturated rings. The molecule has 3 rings (SSSR count). The molecular formula is C26H34BrF3N4O4. The van der Waals surface area contributed by atoms with E-state index in [1.807, 2.05) is 24.8 Å². The number of rotatable bonds is 8. The lowest BCUT2D eigenvalue weighted by molar-refractivity contribution is -0.147. The molecule has 8 nitrogen and oxygen atoms in total. The number of aromatic nitrogens is 2. The lowest BCUT2D eigenvalue weighted by Crippen LogP contribution is -2.50. The van der Waals surface area contributed by atoms with E-state index in [1.165, 1.54) is 12.1 Å². The molecule has 0 aliphatic carbocycles. The number of anilines is 2. The molecule has 2 aromatic rings. The van der Waals surface area contributed by atoms with Crippen LogP contribution in [0.2, 0.25) is 0 Å². The number of nitrogens with zero attached hydrogens (tertiary/aromatic N) is 3. The summed E-state index contributed by atoms with van der Waals surface area (Å²) in [5, 5.41) is 7.68. The number of hydrogen-bond acceptors (Lipinski definition) is 6. The normalized spacial score (nSPS) is 17.4. The zero-order chi connectivity index (χ0) is 28.3. The van der Waals surface area contributed by atoms with E-state index in [0.717, 1.165) is 18.6 Å². The van der Waals surface area contributed by atoms with E-state index >= 15 is 0 Å². The Balaban J connectivity index is 1.95. The van der Waals surface area contributed by atoms with Gasteiger partial charge in [-0.3, -0.25) is 4.79 Å². The Morgan fingerprint density at radius 3 is 2.39 bits per heavy atom. The largest absolute Gasteiger partial charge is 0.461 e. The maximum Gasteiger partial charge on any atom is 0.416 e. The van der Waals surface area contributed by atoms with Crippen molar-refractivity contribution in [2.75, 3.05) is 16.8 Å². The molecule has 2 unspecified atom stereocenters. The second kappa shape index (κ2) is 12.0. The molecular weight excluding hydrogens is 569 g/mol. The van der Waals surface area contributed by atoms with Crippen molar-refractivity contribution in [3.05, 3.63) is 41.6 Å². The van der Waals surface area contributed by atoms with E-state index in [-0.39, 0.29) is 17.2 Å². The fourth-order valence-corrected chi connectivity index (χ4v) is 4.43.